The molecule has 0 fully saturated rings. The van der Waals surface area contributed by atoms with Gasteiger partial charge in [0.15, 0.2) is 0 Å². The lowest BCUT2D eigenvalue weighted by molar-refractivity contribution is 0.471. The van der Waals surface area contributed by atoms with Crippen molar-refractivity contribution in [3.05, 3.63) is 48.0 Å². The number of hydrogen-bond acceptors (Lipinski definition) is 3. The Bertz CT molecular complexity index is 737. The van der Waals surface area contributed by atoms with Crippen LogP contribution in [0, 0.1) is 6.92 Å². The number of phenols is 1. The summed E-state index contributed by atoms with van der Waals surface area (Å²) in [5.74, 6) is 0.198. The maximum atomic E-state index is 12.1. The predicted octanol–water partition coefficient (Wildman–Crippen LogP) is 2.62. The Morgan fingerprint density at radius 2 is 1.65 bits per heavy atom. The molecule has 0 heterocycles. The quantitative estimate of drug-likeness (QED) is 0.945. The van der Waals surface area contributed by atoms with E-state index in [9.17, 15) is 13.5 Å². The van der Waals surface area contributed by atoms with Crippen molar-refractivity contribution >= 4 is 10.0 Å². The molecule has 0 aliphatic rings. The van der Waals surface area contributed by atoms with Gasteiger partial charge in [-0.3, -0.25) is 0 Å². The first-order chi connectivity index (χ1) is 9.32. The van der Waals surface area contributed by atoms with Crippen molar-refractivity contribution in [1.29, 1.82) is 0 Å². The summed E-state index contributed by atoms with van der Waals surface area (Å²) in [6.45, 7) is 1.81. The number of rotatable bonds is 3. The molecule has 1 N–H and O–H groups in total. The van der Waals surface area contributed by atoms with E-state index >= 15 is 0 Å². The SMILES string of the molecule is Cc1ccc(-c2cccc(S(=O)(=O)N(C)C)c2)cc1O. The number of hydrogen-bond donors (Lipinski definition) is 1. The smallest absolute Gasteiger partial charge is 0.242 e. The average molecular weight is 291 g/mol. The monoisotopic (exact) mass is 291 g/mol. The molecule has 0 radical (unpaired) electrons. The zero-order valence-corrected chi connectivity index (χ0v) is 12.5. The van der Waals surface area contributed by atoms with E-state index in [1.807, 2.05) is 19.1 Å². The van der Waals surface area contributed by atoms with Gasteiger partial charge in [0.05, 0.1) is 4.90 Å². The highest BCUT2D eigenvalue weighted by atomic mass is 32.2. The summed E-state index contributed by atoms with van der Waals surface area (Å²) in [4.78, 5) is 0.236. The van der Waals surface area contributed by atoms with Crippen molar-refractivity contribution < 1.29 is 13.5 Å². The van der Waals surface area contributed by atoms with E-state index in [4.69, 9.17) is 0 Å². The summed E-state index contributed by atoms with van der Waals surface area (Å²) in [6.07, 6.45) is 0. The van der Waals surface area contributed by atoms with Crippen molar-refractivity contribution in [2.24, 2.45) is 0 Å². The number of nitrogens with zero attached hydrogens (tertiary/aromatic N) is 1. The molecule has 2 rings (SSSR count). The normalized spacial score (nSPS) is 11.8. The summed E-state index contributed by atoms with van der Waals surface area (Å²) >= 11 is 0. The summed E-state index contributed by atoms with van der Waals surface area (Å²) in [5, 5.41) is 9.75. The van der Waals surface area contributed by atoms with Crippen LogP contribution in [0.15, 0.2) is 47.4 Å². The van der Waals surface area contributed by atoms with Gasteiger partial charge in [-0.2, -0.15) is 0 Å². The van der Waals surface area contributed by atoms with Gasteiger partial charge in [0.25, 0.3) is 0 Å². The second kappa shape index (κ2) is 5.26. The summed E-state index contributed by atoms with van der Waals surface area (Å²) in [5.41, 5.74) is 2.32. The van der Waals surface area contributed by atoms with E-state index in [2.05, 4.69) is 0 Å². The number of aromatic hydroxyl groups is 1. The van der Waals surface area contributed by atoms with Crippen LogP contribution < -0.4 is 0 Å². The number of phenolic OH excluding ortho intramolecular Hbond substituents is 1. The minimum atomic E-state index is -3.45. The standard InChI is InChI=1S/C15H17NO3S/c1-11-7-8-13(10-15(11)17)12-5-4-6-14(9-12)20(18,19)16(2)3/h4-10,17H,1-3H3. The van der Waals surface area contributed by atoms with Gasteiger partial charge in [-0.25, -0.2) is 12.7 Å². The average Bonchev–Trinajstić information content (AvgIpc) is 2.42. The van der Waals surface area contributed by atoms with Crippen molar-refractivity contribution in [3.8, 4) is 16.9 Å². The fourth-order valence-corrected chi connectivity index (χ4v) is 2.78. The minimum Gasteiger partial charge on any atom is -0.508 e. The molecule has 0 amide bonds. The van der Waals surface area contributed by atoms with E-state index in [-0.39, 0.29) is 10.6 Å². The van der Waals surface area contributed by atoms with Crippen LogP contribution in [0.5, 0.6) is 5.75 Å². The van der Waals surface area contributed by atoms with Gasteiger partial charge in [-0.05, 0) is 41.8 Å². The third kappa shape index (κ3) is 2.69. The minimum absolute atomic E-state index is 0.198. The van der Waals surface area contributed by atoms with Crippen LogP contribution in [0.1, 0.15) is 5.56 Å². The molecule has 0 aromatic heterocycles. The molecule has 0 unspecified atom stereocenters. The molecule has 20 heavy (non-hydrogen) atoms. The number of sulfonamides is 1. The molecule has 0 saturated carbocycles. The molecule has 0 aliphatic carbocycles. The molecular weight excluding hydrogens is 274 g/mol. The number of aryl methyl sites for hydroxylation is 1. The number of benzene rings is 2. The van der Waals surface area contributed by atoms with Crippen LogP contribution in [0.25, 0.3) is 11.1 Å². The maximum Gasteiger partial charge on any atom is 0.242 e. The van der Waals surface area contributed by atoms with Crippen LogP contribution in [0.2, 0.25) is 0 Å². The molecule has 4 nitrogen and oxygen atoms in total. The van der Waals surface area contributed by atoms with E-state index in [0.29, 0.717) is 0 Å². The van der Waals surface area contributed by atoms with Crippen LogP contribution >= 0.6 is 0 Å². The molecule has 2 aromatic carbocycles. The Morgan fingerprint density at radius 3 is 2.25 bits per heavy atom. The summed E-state index contributed by atoms with van der Waals surface area (Å²) < 4.78 is 25.4. The zero-order valence-electron chi connectivity index (χ0n) is 11.7. The largest absolute Gasteiger partial charge is 0.508 e. The Balaban J connectivity index is 2.52. The Labute approximate surface area is 119 Å². The van der Waals surface area contributed by atoms with E-state index in [1.165, 1.54) is 18.4 Å². The van der Waals surface area contributed by atoms with E-state index in [1.54, 1.807) is 30.3 Å². The van der Waals surface area contributed by atoms with Gasteiger partial charge in [0, 0.05) is 14.1 Å². The second-order valence-electron chi connectivity index (χ2n) is 4.82. The third-order valence-electron chi connectivity index (χ3n) is 3.16. The van der Waals surface area contributed by atoms with Crippen molar-refractivity contribution in [3.63, 3.8) is 0 Å². The zero-order chi connectivity index (χ0) is 14.9. The maximum absolute atomic E-state index is 12.1. The van der Waals surface area contributed by atoms with Crippen LogP contribution in [-0.2, 0) is 10.0 Å². The van der Waals surface area contributed by atoms with Crippen LogP contribution in [0.4, 0.5) is 0 Å². The topological polar surface area (TPSA) is 57.6 Å². The lowest BCUT2D eigenvalue weighted by Gasteiger charge is -2.12. The summed E-state index contributed by atoms with van der Waals surface area (Å²) in [7, 11) is -0.455. The molecule has 0 atom stereocenters. The molecular formula is C15H17NO3S. The first kappa shape index (κ1) is 14.6. The Hall–Kier alpha value is -1.85. The molecule has 0 aliphatic heterocycles. The summed E-state index contributed by atoms with van der Waals surface area (Å²) in [6, 6.07) is 12.0. The van der Waals surface area contributed by atoms with Gasteiger partial charge in [-0.15, -0.1) is 0 Å². The van der Waals surface area contributed by atoms with Gasteiger partial charge in [0.1, 0.15) is 5.75 Å². The fourth-order valence-electron chi connectivity index (χ4n) is 1.84. The van der Waals surface area contributed by atoms with Gasteiger partial charge >= 0.3 is 0 Å². The molecule has 0 spiro atoms. The molecule has 2 aromatic rings. The van der Waals surface area contributed by atoms with Crippen molar-refractivity contribution in [2.75, 3.05) is 14.1 Å². The second-order valence-corrected chi connectivity index (χ2v) is 6.97. The Kier molecular flexibility index (Phi) is 3.83. The highest BCUT2D eigenvalue weighted by Crippen LogP contribution is 2.28. The van der Waals surface area contributed by atoms with E-state index < -0.39 is 10.0 Å². The van der Waals surface area contributed by atoms with Gasteiger partial charge in [-0.1, -0.05) is 24.3 Å². The van der Waals surface area contributed by atoms with Crippen LogP contribution in [-0.4, -0.2) is 31.9 Å². The van der Waals surface area contributed by atoms with Crippen molar-refractivity contribution in [2.45, 2.75) is 11.8 Å². The molecule has 0 bridgehead atoms. The van der Waals surface area contributed by atoms with Crippen LogP contribution in [0.3, 0.4) is 0 Å². The fraction of sp³-hybridized carbons (Fsp3) is 0.200. The lowest BCUT2D eigenvalue weighted by Crippen LogP contribution is -2.22. The first-order valence-electron chi connectivity index (χ1n) is 6.15. The highest BCUT2D eigenvalue weighted by molar-refractivity contribution is 7.89. The molecule has 106 valence electrons. The first-order valence-corrected chi connectivity index (χ1v) is 7.59. The molecule has 5 heteroatoms. The predicted molar refractivity (Wildman–Crippen MR) is 79.2 cm³/mol. The third-order valence-corrected chi connectivity index (χ3v) is 4.97. The highest BCUT2D eigenvalue weighted by Gasteiger charge is 2.17. The molecule has 0 saturated heterocycles. The van der Waals surface area contributed by atoms with E-state index in [0.717, 1.165) is 16.7 Å². The van der Waals surface area contributed by atoms with Crippen molar-refractivity contribution in [1.82, 2.24) is 4.31 Å². The van der Waals surface area contributed by atoms with Gasteiger partial charge < -0.3 is 5.11 Å². The lowest BCUT2D eigenvalue weighted by atomic mass is 10.0. The Morgan fingerprint density at radius 1 is 1.00 bits per heavy atom. The van der Waals surface area contributed by atoms with Gasteiger partial charge in [0.2, 0.25) is 10.0 Å².